The van der Waals surface area contributed by atoms with Crippen molar-refractivity contribution in [3.8, 4) is 10.6 Å². The Morgan fingerprint density at radius 1 is 1.33 bits per heavy atom. The SMILES string of the molecule is C[C@H](C1CC1)N(C(=O)c1csc(-c2ccsc2)n1)C1CC1. The molecule has 1 amide bonds. The van der Waals surface area contributed by atoms with Crippen LogP contribution in [0.25, 0.3) is 10.6 Å². The Bertz CT molecular complexity index is 641. The van der Waals surface area contributed by atoms with Gasteiger partial charge >= 0.3 is 0 Å². The Morgan fingerprint density at radius 2 is 2.14 bits per heavy atom. The summed E-state index contributed by atoms with van der Waals surface area (Å²) in [5.74, 6) is 0.846. The van der Waals surface area contributed by atoms with Gasteiger partial charge in [-0.3, -0.25) is 4.79 Å². The van der Waals surface area contributed by atoms with Gasteiger partial charge in [-0.15, -0.1) is 11.3 Å². The molecule has 0 N–H and O–H groups in total. The second-order valence-corrected chi connectivity index (χ2v) is 7.71. The normalized spacial score (nSPS) is 19.5. The van der Waals surface area contributed by atoms with Gasteiger partial charge in [-0.1, -0.05) is 0 Å². The van der Waals surface area contributed by atoms with E-state index < -0.39 is 0 Å². The summed E-state index contributed by atoms with van der Waals surface area (Å²) in [5.41, 5.74) is 1.75. The maximum absolute atomic E-state index is 12.9. The third-order valence-electron chi connectivity index (χ3n) is 4.41. The molecular weight excluding hydrogens is 300 g/mol. The van der Waals surface area contributed by atoms with Crippen LogP contribution in [0.3, 0.4) is 0 Å². The van der Waals surface area contributed by atoms with Crippen molar-refractivity contribution in [3.63, 3.8) is 0 Å². The van der Waals surface area contributed by atoms with Crippen molar-refractivity contribution in [1.82, 2.24) is 9.88 Å². The van der Waals surface area contributed by atoms with Crippen molar-refractivity contribution in [2.45, 2.75) is 44.7 Å². The smallest absolute Gasteiger partial charge is 0.273 e. The van der Waals surface area contributed by atoms with Gasteiger partial charge in [-0.2, -0.15) is 11.3 Å². The molecule has 2 aromatic heterocycles. The predicted octanol–water partition coefficient (Wildman–Crippen LogP) is 4.27. The van der Waals surface area contributed by atoms with Gasteiger partial charge < -0.3 is 4.90 Å². The monoisotopic (exact) mass is 318 g/mol. The number of hydrogen-bond acceptors (Lipinski definition) is 4. The minimum atomic E-state index is 0.134. The predicted molar refractivity (Wildman–Crippen MR) is 86.8 cm³/mol. The zero-order chi connectivity index (χ0) is 14.4. The molecule has 0 spiro atoms. The Morgan fingerprint density at radius 3 is 2.76 bits per heavy atom. The molecule has 0 radical (unpaired) electrons. The Hall–Kier alpha value is -1.20. The van der Waals surface area contributed by atoms with E-state index in [0.717, 1.165) is 23.4 Å². The molecule has 0 bridgehead atoms. The van der Waals surface area contributed by atoms with Gasteiger partial charge in [0.2, 0.25) is 0 Å². The van der Waals surface area contributed by atoms with Crippen LogP contribution in [0.2, 0.25) is 0 Å². The number of hydrogen-bond donors (Lipinski definition) is 0. The van der Waals surface area contributed by atoms with E-state index in [-0.39, 0.29) is 5.91 Å². The van der Waals surface area contributed by atoms with Crippen LogP contribution in [0.1, 0.15) is 43.1 Å². The third kappa shape index (κ3) is 2.64. The minimum absolute atomic E-state index is 0.134. The summed E-state index contributed by atoms with van der Waals surface area (Å²) in [6.45, 7) is 2.21. The van der Waals surface area contributed by atoms with Crippen LogP contribution in [0.4, 0.5) is 0 Å². The van der Waals surface area contributed by atoms with Crippen molar-refractivity contribution in [2.75, 3.05) is 0 Å². The van der Waals surface area contributed by atoms with Crippen molar-refractivity contribution < 1.29 is 4.79 Å². The van der Waals surface area contributed by atoms with E-state index in [1.54, 1.807) is 22.7 Å². The number of thiophene rings is 1. The van der Waals surface area contributed by atoms with Gasteiger partial charge in [-0.25, -0.2) is 4.98 Å². The number of amides is 1. The van der Waals surface area contributed by atoms with Crippen molar-refractivity contribution >= 4 is 28.6 Å². The number of carbonyl (C=O) groups excluding carboxylic acids is 1. The first-order valence-corrected chi connectivity index (χ1v) is 9.37. The van der Waals surface area contributed by atoms with Crippen LogP contribution in [0.5, 0.6) is 0 Å². The molecule has 0 saturated heterocycles. The largest absolute Gasteiger partial charge is 0.331 e. The van der Waals surface area contributed by atoms with E-state index in [9.17, 15) is 4.79 Å². The molecule has 1 atom stereocenters. The van der Waals surface area contributed by atoms with E-state index in [1.807, 2.05) is 10.8 Å². The molecule has 2 saturated carbocycles. The Balaban J connectivity index is 1.58. The Kier molecular flexibility index (Phi) is 3.34. The lowest BCUT2D eigenvalue weighted by Crippen LogP contribution is -2.41. The number of rotatable bonds is 5. The minimum Gasteiger partial charge on any atom is -0.331 e. The van der Waals surface area contributed by atoms with Crippen LogP contribution in [-0.2, 0) is 0 Å². The highest BCUT2D eigenvalue weighted by atomic mass is 32.1. The fourth-order valence-corrected chi connectivity index (χ4v) is 4.37. The molecule has 2 aliphatic carbocycles. The summed E-state index contributed by atoms with van der Waals surface area (Å²) < 4.78 is 0. The molecule has 4 rings (SSSR count). The quantitative estimate of drug-likeness (QED) is 0.824. The van der Waals surface area contributed by atoms with E-state index in [2.05, 4.69) is 28.3 Å². The summed E-state index contributed by atoms with van der Waals surface area (Å²) >= 11 is 3.23. The highest BCUT2D eigenvalue weighted by Crippen LogP contribution is 2.40. The molecule has 5 heteroatoms. The van der Waals surface area contributed by atoms with Gasteiger partial charge in [0.1, 0.15) is 10.7 Å². The van der Waals surface area contributed by atoms with Crippen molar-refractivity contribution in [2.24, 2.45) is 5.92 Å². The van der Waals surface area contributed by atoms with Gasteiger partial charge in [0.25, 0.3) is 5.91 Å². The molecule has 2 aliphatic rings. The fraction of sp³-hybridized carbons (Fsp3) is 0.500. The first-order valence-electron chi connectivity index (χ1n) is 7.55. The van der Waals surface area contributed by atoms with Gasteiger partial charge in [0.15, 0.2) is 0 Å². The lowest BCUT2D eigenvalue weighted by atomic mass is 10.1. The fourth-order valence-electron chi connectivity index (χ4n) is 2.86. The summed E-state index contributed by atoms with van der Waals surface area (Å²) in [4.78, 5) is 19.6. The van der Waals surface area contributed by atoms with Crippen LogP contribution in [0, 0.1) is 5.92 Å². The van der Waals surface area contributed by atoms with Gasteiger partial charge in [0, 0.05) is 28.4 Å². The zero-order valence-electron chi connectivity index (χ0n) is 12.0. The molecule has 3 nitrogen and oxygen atoms in total. The first-order chi connectivity index (χ1) is 10.2. The van der Waals surface area contributed by atoms with E-state index in [1.165, 1.54) is 12.8 Å². The standard InChI is InChI=1S/C16H18N2OS2/c1-10(11-2-3-11)18(13-4-5-13)16(19)14-9-21-15(17-14)12-6-7-20-8-12/h6-11,13H,2-5H2,1H3/t10-/m1/s1. The lowest BCUT2D eigenvalue weighted by Gasteiger charge is -2.28. The highest BCUT2D eigenvalue weighted by Gasteiger charge is 2.42. The van der Waals surface area contributed by atoms with Gasteiger partial charge in [0.05, 0.1) is 0 Å². The van der Waals surface area contributed by atoms with E-state index in [0.29, 0.717) is 23.7 Å². The van der Waals surface area contributed by atoms with Crippen molar-refractivity contribution in [1.29, 1.82) is 0 Å². The van der Waals surface area contributed by atoms with Gasteiger partial charge in [-0.05, 0) is 50.0 Å². The molecule has 110 valence electrons. The number of thiazole rings is 1. The molecule has 0 unspecified atom stereocenters. The van der Waals surface area contributed by atoms with Crippen molar-refractivity contribution in [3.05, 3.63) is 27.9 Å². The first kappa shape index (κ1) is 13.5. The molecule has 2 aromatic rings. The molecule has 2 heterocycles. The zero-order valence-corrected chi connectivity index (χ0v) is 13.6. The average Bonchev–Trinajstić information content (AvgIpc) is 3.39. The molecular formula is C16H18N2OS2. The third-order valence-corrected chi connectivity index (χ3v) is 5.98. The topological polar surface area (TPSA) is 33.2 Å². The second kappa shape index (κ2) is 5.21. The number of carbonyl (C=O) groups is 1. The summed E-state index contributed by atoms with van der Waals surface area (Å²) in [5, 5.41) is 7.00. The van der Waals surface area contributed by atoms with E-state index >= 15 is 0 Å². The second-order valence-electron chi connectivity index (χ2n) is 6.07. The molecule has 0 aromatic carbocycles. The summed E-state index contributed by atoms with van der Waals surface area (Å²) in [6.07, 6.45) is 4.86. The van der Waals surface area contributed by atoms with Crippen LogP contribution in [-0.4, -0.2) is 27.9 Å². The molecule has 0 aliphatic heterocycles. The van der Waals surface area contributed by atoms with E-state index in [4.69, 9.17) is 0 Å². The average molecular weight is 318 g/mol. The number of aromatic nitrogens is 1. The summed E-state index contributed by atoms with van der Waals surface area (Å²) in [7, 11) is 0. The van der Waals surface area contributed by atoms with Crippen LogP contribution in [0.15, 0.2) is 22.2 Å². The molecule has 2 fully saturated rings. The molecule has 21 heavy (non-hydrogen) atoms. The highest BCUT2D eigenvalue weighted by molar-refractivity contribution is 7.14. The lowest BCUT2D eigenvalue weighted by molar-refractivity contribution is 0.0649. The summed E-state index contributed by atoms with van der Waals surface area (Å²) in [6, 6.07) is 2.89. The Labute approximate surface area is 132 Å². The number of nitrogens with zero attached hydrogens (tertiary/aromatic N) is 2. The van der Waals surface area contributed by atoms with Crippen LogP contribution < -0.4 is 0 Å². The maximum atomic E-state index is 12.9. The van der Waals surface area contributed by atoms with Crippen LogP contribution >= 0.6 is 22.7 Å². The maximum Gasteiger partial charge on any atom is 0.273 e.